The molecule has 258 valence electrons. The second-order valence-corrected chi connectivity index (χ2v) is 15.5. The van der Waals surface area contributed by atoms with Crippen molar-refractivity contribution in [3.8, 4) is 0 Å². The predicted octanol–water partition coefficient (Wildman–Crippen LogP) is 2.18. The lowest BCUT2D eigenvalue weighted by Gasteiger charge is -2.63. The molecule has 4 aliphatic carbocycles. The minimum absolute atomic E-state index is 0.0537. The van der Waals surface area contributed by atoms with E-state index in [0.29, 0.717) is 19.3 Å². The fourth-order valence-corrected chi connectivity index (χ4v) is 10.4. The van der Waals surface area contributed by atoms with Crippen LogP contribution in [0.15, 0.2) is 23.8 Å². The number of rotatable bonds is 9. The SMILES string of the molecule is CO[C@@H]1[C@@H](OC)[C@H](O[C@@H]2C=C3[C@H](O)C[C@@]4(O)[C@@H]5[C@@H](O)[C@H](O)[C@H]([C@H](C)/C=C/[C@H](C)[C@H](C)CO)[C@@]5(C)CC[C@@H]4[C@@]3(C)CC2)OC[C@H]1O. The molecule has 4 fully saturated rings. The number of aliphatic hydroxyl groups excluding tert-OH is 5. The molecular formula is C35H58O10. The smallest absolute Gasteiger partial charge is 0.187 e. The van der Waals surface area contributed by atoms with E-state index in [9.17, 15) is 30.6 Å². The number of allylic oxidation sites excluding steroid dienone is 2. The van der Waals surface area contributed by atoms with E-state index < -0.39 is 65.3 Å². The highest BCUT2D eigenvalue weighted by Gasteiger charge is 2.72. The monoisotopic (exact) mass is 638 g/mol. The van der Waals surface area contributed by atoms with Crippen molar-refractivity contribution in [2.24, 2.45) is 46.3 Å². The van der Waals surface area contributed by atoms with Crippen molar-refractivity contribution in [2.45, 2.75) is 121 Å². The number of methoxy groups -OCH3 is 2. The van der Waals surface area contributed by atoms with Gasteiger partial charge in [-0.1, -0.05) is 52.8 Å². The lowest BCUT2D eigenvalue weighted by Crippen LogP contribution is -2.66. The van der Waals surface area contributed by atoms with Crippen molar-refractivity contribution < 1.29 is 49.6 Å². The van der Waals surface area contributed by atoms with Crippen molar-refractivity contribution in [3.05, 3.63) is 23.8 Å². The van der Waals surface area contributed by atoms with Gasteiger partial charge in [-0.05, 0) is 71.7 Å². The molecule has 10 nitrogen and oxygen atoms in total. The Labute approximate surface area is 268 Å². The van der Waals surface area contributed by atoms with E-state index in [-0.39, 0.29) is 55.3 Å². The van der Waals surface area contributed by atoms with Gasteiger partial charge in [-0.3, -0.25) is 0 Å². The Hall–Kier alpha value is -0.920. The third-order valence-corrected chi connectivity index (χ3v) is 13.0. The topological polar surface area (TPSA) is 158 Å². The van der Waals surface area contributed by atoms with Crippen LogP contribution < -0.4 is 0 Å². The van der Waals surface area contributed by atoms with Gasteiger partial charge in [-0.15, -0.1) is 0 Å². The predicted molar refractivity (Wildman–Crippen MR) is 167 cm³/mol. The van der Waals surface area contributed by atoms with E-state index in [1.165, 1.54) is 14.2 Å². The molecule has 1 saturated heterocycles. The maximum atomic E-state index is 12.7. The van der Waals surface area contributed by atoms with Crippen molar-refractivity contribution >= 4 is 0 Å². The number of hydrogen-bond acceptors (Lipinski definition) is 10. The molecule has 0 bridgehead atoms. The van der Waals surface area contributed by atoms with E-state index in [1.54, 1.807) is 0 Å². The largest absolute Gasteiger partial charge is 0.396 e. The maximum absolute atomic E-state index is 12.7. The van der Waals surface area contributed by atoms with Crippen LogP contribution in [-0.4, -0.2) is 113 Å². The number of fused-ring (bicyclic) bond motifs is 5. The lowest BCUT2D eigenvalue weighted by atomic mass is 9.43. The normalized spacial score (nSPS) is 50.3. The minimum Gasteiger partial charge on any atom is -0.396 e. The summed E-state index contributed by atoms with van der Waals surface area (Å²) in [5.41, 5.74) is -1.57. The van der Waals surface area contributed by atoms with Crippen LogP contribution in [0.5, 0.6) is 0 Å². The molecule has 10 heteroatoms. The maximum Gasteiger partial charge on any atom is 0.187 e. The average molecular weight is 639 g/mol. The number of ether oxygens (including phenoxy) is 4. The van der Waals surface area contributed by atoms with E-state index in [4.69, 9.17) is 18.9 Å². The fraction of sp³-hybridized carbons (Fsp3) is 0.886. The molecular weight excluding hydrogens is 580 g/mol. The molecule has 0 aromatic carbocycles. The van der Waals surface area contributed by atoms with Crippen molar-refractivity contribution in [1.82, 2.24) is 0 Å². The Morgan fingerprint density at radius 1 is 0.978 bits per heavy atom. The standard InChI is InChI=1S/C35H58O10/c1-18(20(3)16-36)8-9-19(2)26-27(39)28(40)31-34(26,5)13-11-25-33(4)12-10-21(14-22(33)23(37)15-35(25,31)41)45-32-30(43-7)29(42-6)24(38)17-44-32/h8-9,14,18-21,23-32,36-41H,10-13,15-17H2,1-7H3/b9-8+/t18-,19+,20+,21-,23+,24+,25+,26-,27+,28-,29-,30+,31+,32-,33-,34+,35-/m0/s1. The highest BCUT2D eigenvalue weighted by atomic mass is 16.7. The molecule has 0 amide bonds. The first kappa shape index (κ1) is 35.4. The summed E-state index contributed by atoms with van der Waals surface area (Å²) in [4.78, 5) is 0. The minimum atomic E-state index is -1.36. The van der Waals surface area contributed by atoms with Crippen LogP contribution in [0.2, 0.25) is 0 Å². The van der Waals surface area contributed by atoms with Crippen LogP contribution in [0.25, 0.3) is 0 Å². The zero-order chi connectivity index (χ0) is 33.1. The first-order valence-electron chi connectivity index (χ1n) is 17.0. The first-order chi connectivity index (χ1) is 21.2. The van der Waals surface area contributed by atoms with Gasteiger partial charge in [0, 0.05) is 33.2 Å². The van der Waals surface area contributed by atoms with Crippen molar-refractivity contribution in [3.63, 3.8) is 0 Å². The summed E-state index contributed by atoms with van der Waals surface area (Å²) < 4.78 is 23.2. The zero-order valence-electron chi connectivity index (χ0n) is 28.1. The molecule has 0 aromatic rings. The third-order valence-electron chi connectivity index (χ3n) is 13.0. The molecule has 6 N–H and O–H groups in total. The highest BCUT2D eigenvalue weighted by Crippen LogP contribution is 2.69. The van der Waals surface area contributed by atoms with E-state index in [0.717, 1.165) is 12.0 Å². The summed E-state index contributed by atoms with van der Waals surface area (Å²) in [5, 5.41) is 67.4. The summed E-state index contributed by atoms with van der Waals surface area (Å²) in [6, 6.07) is 0. The van der Waals surface area contributed by atoms with Crippen LogP contribution in [-0.2, 0) is 18.9 Å². The molecule has 17 atom stereocenters. The van der Waals surface area contributed by atoms with Crippen LogP contribution in [0, 0.1) is 46.3 Å². The molecule has 5 rings (SSSR count). The number of hydrogen-bond donors (Lipinski definition) is 6. The molecule has 0 unspecified atom stereocenters. The van der Waals surface area contributed by atoms with E-state index >= 15 is 0 Å². The van der Waals surface area contributed by atoms with E-state index in [1.807, 2.05) is 13.0 Å². The molecule has 1 heterocycles. The van der Waals surface area contributed by atoms with Crippen LogP contribution in [0.1, 0.15) is 66.7 Å². The van der Waals surface area contributed by atoms with E-state index in [2.05, 4.69) is 39.8 Å². The Bertz CT molecular complexity index is 1100. The fourth-order valence-electron chi connectivity index (χ4n) is 10.4. The van der Waals surface area contributed by atoms with Gasteiger partial charge in [0.2, 0.25) is 0 Å². The zero-order valence-corrected chi connectivity index (χ0v) is 28.1. The van der Waals surface area contributed by atoms with Crippen LogP contribution in [0.3, 0.4) is 0 Å². The molecule has 5 aliphatic rings. The Kier molecular flexibility index (Phi) is 10.4. The molecule has 0 spiro atoms. The first-order valence-corrected chi connectivity index (χ1v) is 17.0. The summed E-state index contributed by atoms with van der Waals surface area (Å²) in [7, 11) is 3.05. The van der Waals surface area contributed by atoms with Gasteiger partial charge >= 0.3 is 0 Å². The summed E-state index contributed by atoms with van der Waals surface area (Å²) in [5.74, 6) is -0.833. The van der Waals surface area contributed by atoms with Crippen LogP contribution >= 0.6 is 0 Å². The van der Waals surface area contributed by atoms with Gasteiger partial charge in [0.1, 0.15) is 18.3 Å². The Morgan fingerprint density at radius 2 is 1.67 bits per heavy atom. The molecule has 3 saturated carbocycles. The summed E-state index contributed by atoms with van der Waals surface area (Å²) >= 11 is 0. The Balaban J connectivity index is 1.38. The van der Waals surface area contributed by atoms with Gasteiger partial charge in [-0.2, -0.15) is 0 Å². The van der Waals surface area contributed by atoms with Crippen LogP contribution in [0.4, 0.5) is 0 Å². The van der Waals surface area contributed by atoms with Gasteiger partial charge in [0.25, 0.3) is 0 Å². The second kappa shape index (κ2) is 13.2. The van der Waals surface area contributed by atoms with Gasteiger partial charge in [0.15, 0.2) is 6.29 Å². The molecule has 0 aromatic heterocycles. The van der Waals surface area contributed by atoms with Crippen molar-refractivity contribution in [2.75, 3.05) is 27.4 Å². The lowest BCUT2D eigenvalue weighted by molar-refractivity contribution is -0.289. The van der Waals surface area contributed by atoms with Gasteiger partial charge in [0.05, 0.1) is 36.6 Å². The summed E-state index contributed by atoms with van der Waals surface area (Å²) in [6.45, 7) is 10.5. The third kappa shape index (κ3) is 5.79. The number of aliphatic hydroxyl groups is 6. The molecule has 1 aliphatic heterocycles. The molecule has 0 radical (unpaired) electrons. The Morgan fingerprint density at radius 3 is 2.31 bits per heavy atom. The molecule has 45 heavy (non-hydrogen) atoms. The quantitative estimate of drug-likeness (QED) is 0.207. The average Bonchev–Trinajstić information content (AvgIpc) is 3.21. The summed E-state index contributed by atoms with van der Waals surface area (Å²) in [6.07, 6.45) is 2.81. The second-order valence-electron chi connectivity index (χ2n) is 15.5. The highest BCUT2D eigenvalue weighted by molar-refractivity contribution is 5.33. The van der Waals surface area contributed by atoms with Crippen molar-refractivity contribution in [1.29, 1.82) is 0 Å². The van der Waals surface area contributed by atoms with Gasteiger partial charge < -0.3 is 49.6 Å². The van der Waals surface area contributed by atoms with Gasteiger partial charge in [-0.25, -0.2) is 0 Å².